The minimum atomic E-state index is -0.134. The quantitative estimate of drug-likeness (QED) is 0.657. The molecule has 5 nitrogen and oxygen atoms in total. The molecule has 1 saturated heterocycles. The van der Waals surface area contributed by atoms with Gasteiger partial charge in [-0.1, -0.05) is 11.6 Å². The number of amides is 1. The number of likely N-dealkylation sites (tertiary alicyclic amines) is 1. The van der Waals surface area contributed by atoms with Gasteiger partial charge in [0, 0.05) is 35.2 Å². The van der Waals surface area contributed by atoms with Gasteiger partial charge in [0.1, 0.15) is 18.1 Å². The number of hydrogen-bond acceptors (Lipinski definition) is 3. The van der Waals surface area contributed by atoms with Crippen molar-refractivity contribution in [3.63, 3.8) is 0 Å². The van der Waals surface area contributed by atoms with Crippen molar-refractivity contribution in [1.82, 2.24) is 9.88 Å². The predicted octanol–water partition coefficient (Wildman–Crippen LogP) is 4.79. The van der Waals surface area contributed by atoms with Gasteiger partial charge in [-0.05, 0) is 72.7 Å². The smallest absolute Gasteiger partial charge is 0.229 e. The molecule has 1 aromatic heterocycles. The first-order valence-corrected chi connectivity index (χ1v) is 10.8. The van der Waals surface area contributed by atoms with Crippen molar-refractivity contribution in [2.75, 3.05) is 26.8 Å². The summed E-state index contributed by atoms with van der Waals surface area (Å²) in [6, 6.07) is 11.8. The van der Waals surface area contributed by atoms with Crippen molar-refractivity contribution in [2.24, 2.45) is 5.92 Å². The highest BCUT2D eigenvalue weighted by Crippen LogP contribution is 2.36. The number of benzene rings is 2. The van der Waals surface area contributed by atoms with Gasteiger partial charge in [0.05, 0.1) is 13.0 Å². The number of carbonyl (C=O) groups is 1. The van der Waals surface area contributed by atoms with E-state index in [2.05, 4.69) is 23.3 Å². The highest BCUT2D eigenvalue weighted by Gasteiger charge is 2.32. The molecule has 156 valence electrons. The maximum absolute atomic E-state index is 13.1. The van der Waals surface area contributed by atoms with Gasteiger partial charge in [0.25, 0.3) is 0 Å². The number of piperidine rings is 1. The van der Waals surface area contributed by atoms with Crippen molar-refractivity contribution in [2.45, 2.75) is 25.2 Å². The summed E-state index contributed by atoms with van der Waals surface area (Å²) in [5.41, 5.74) is 3.47. The van der Waals surface area contributed by atoms with Crippen LogP contribution in [0.5, 0.6) is 11.5 Å². The van der Waals surface area contributed by atoms with Crippen LogP contribution in [0.2, 0.25) is 5.02 Å². The molecule has 0 aliphatic carbocycles. The summed E-state index contributed by atoms with van der Waals surface area (Å²) < 4.78 is 11.2. The van der Waals surface area contributed by atoms with Crippen LogP contribution in [0.15, 0.2) is 42.6 Å². The molecule has 1 amide bonds. The lowest BCUT2D eigenvalue weighted by Crippen LogP contribution is -2.44. The Bertz CT molecular complexity index is 1090. The van der Waals surface area contributed by atoms with Gasteiger partial charge >= 0.3 is 0 Å². The second kappa shape index (κ2) is 7.88. The van der Waals surface area contributed by atoms with Gasteiger partial charge < -0.3 is 19.4 Å². The Labute approximate surface area is 180 Å². The number of methoxy groups -OCH3 is 1. The number of ether oxygens (including phenoxy) is 2. The Morgan fingerprint density at radius 3 is 2.83 bits per heavy atom. The maximum atomic E-state index is 13.1. The number of hydrogen-bond donors (Lipinski definition) is 1. The Morgan fingerprint density at radius 2 is 2.03 bits per heavy atom. The van der Waals surface area contributed by atoms with Gasteiger partial charge in [0.15, 0.2) is 0 Å². The van der Waals surface area contributed by atoms with Crippen LogP contribution in [-0.4, -0.2) is 42.6 Å². The van der Waals surface area contributed by atoms with Crippen molar-refractivity contribution in [3.8, 4) is 11.5 Å². The van der Waals surface area contributed by atoms with E-state index in [0.717, 1.165) is 48.5 Å². The molecule has 0 radical (unpaired) electrons. The van der Waals surface area contributed by atoms with Gasteiger partial charge in [-0.2, -0.15) is 0 Å². The van der Waals surface area contributed by atoms with E-state index in [1.165, 1.54) is 10.9 Å². The molecule has 5 rings (SSSR count). The van der Waals surface area contributed by atoms with E-state index >= 15 is 0 Å². The highest BCUT2D eigenvalue weighted by atomic mass is 35.5. The normalized spacial score (nSPS) is 19.4. The molecule has 1 fully saturated rings. The molecule has 1 unspecified atom stereocenters. The number of rotatable bonds is 3. The standard InChI is InChI=1S/C24H25ClN2O3/c1-29-19-3-4-22-20(12-19)21(13-26-22)15-6-8-27(9-7-15)24(28)17-10-16-11-18(25)2-5-23(16)30-14-17/h2-5,11-13,15,17,26H,6-10,14H2,1H3. The summed E-state index contributed by atoms with van der Waals surface area (Å²) in [6.07, 6.45) is 4.73. The van der Waals surface area contributed by atoms with E-state index in [1.54, 1.807) is 7.11 Å². The zero-order chi connectivity index (χ0) is 20.7. The number of H-pyrrole nitrogens is 1. The predicted molar refractivity (Wildman–Crippen MR) is 118 cm³/mol. The average Bonchev–Trinajstić information content (AvgIpc) is 3.21. The molecule has 0 bridgehead atoms. The zero-order valence-corrected chi connectivity index (χ0v) is 17.7. The number of aromatic nitrogens is 1. The third-order valence-corrected chi connectivity index (χ3v) is 6.68. The van der Waals surface area contributed by atoms with Crippen LogP contribution in [0, 0.1) is 5.92 Å². The van der Waals surface area contributed by atoms with Crippen molar-refractivity contribution < 1.29 is 14.3 Å². The number of halogens is 1. The van der Waals surface area contributed by atoms with Gasteiger partial charge in [-0.3, -0.25) is 4.79 Å². The van der Waals surface area contributed by atoms with Gasteiger partial charge in [-0.25, -0.2) is 0 Å². The SMILES string of the molecule is COc1ccc2[nH]cc(C3CCN(C(=O)C4COc5ccc(Cl)cc5C4)CC3)c2c1. The van der Waals surface area contributed by atoms with Crippen LogP contribution in [0.3, 0.4) is 0 Å². The van der Waals surface area contributed by atoms with Gasteiger partial charge in [0.2, 0.25) is 5.91 Å². The van der Waals surface area contributed by atoms with Crippen LogP contribution in [-0.2, 0) is 11.2 Å². The minimum absolute atomic E-state index is 0.134. The summed E-state index contributed by atoms with van der Waals surface area (Å²) in [6.45, 7) is 1.99. The molecule has 1 N–H and O–H groups in total. The molecule has 2 aliphatic rings. The second-order valence-corrected chi connectivity index (χ2v) is 8.66. The molecule has 0 spiro atoms. The van der Waals surface area contributed by atoms with Crippen molar-refractivity contribution >= 4 is 28.4 Å². The van der Waals surface area contributed by atoms with Crippen LogP contribution in [0.4, 0.5) is 0 Å². The van der Waals surface area contributed by atoms with E-state index < -0.39 is 0 Å². The van der Waals surface area contributed by atoms with Crippen LogP contribution in [0.1, 0.15) is 29.9 Å². The minimum Gasteiger partial charge on any atom is -0.497 e. The van der Waals surface area contributed by atoms with E-state index in [1.807, 2.05) is 29.2 Å². The second-order valence-electron chi connectivity index (χ2n) is 8.22. The molecular formula is C24H25ClN2O3. The van der Waals surface area contributed by atoms with E-state index in [0.29, 0.717) is 24.0 Å². The van der Waals surface area contributed by atoms with Crippen molar-refractivity contribution in [1.29, 1.82) is 0 Å². The average molecular weight is 425 g/mol. The summed E-state index contributed by atoms with van der Waals surface area (Å²) >= 11 is 6.12. The first-order valence-electron chi connectivity index (χ1n) is 10.5. The lowest BCUT2D eigenvalue weighted by molar-refractivity contribution is -0.138. The van der Waals surface area contributed by atoms with E-state index in [4.69, 9.17) is 21.1 Å². The number of nitrogens with zero attached hydrogens (tertiary/aromatic N) is 1. The van der Waals surface area contributed by atoms with Crippen LogP contribution >= 0.6 is 11.6 Å². The molecular weight excluding hydrogens is 400 g/mol. The third-order valence-electron chi connectivity index (χ3n) is 6.45. The summed E-state index contributed by atoms with van der Waals surface area (Å²) in [5, 5.41) is 1.90. The van der Waals surface area contributed by atoms with Gasteiger partial charge in [-0.15, -0.1) is 0 Å². The molecule has 2 aromatic carbocycles. The van der Waals surface area contributed by atoms with Crippen LogP contribution in [0.25, 0.3) is 10.9 Å². The number of nitrogens with one attached hydrogen (secondary N) is 1. The zero-order valence-electron chi connectivity index (χ0n) is 17.0. The summed E-state index contributed by atoms with van der Waals surface area (Å²) in [7, 11) is 1.69. The van der Waals surface area contributed by atoms with Crippen molar-refractivity contribution in [3.05, 3.63) is 58.7 Å². The first-order chi connectivity index (χ1) is 14.6. The number of aromatic amines is 1. The maximum Gasteiger partial charge on any atom is 0.229 e. The molecule has 3 aromatic rings. The molecule has 3 heterocycles. The van der Waals surface area contributed by atoms with E-state index in [9.17, 15) is 4.79 Å². The lowest BCUT2D eigenvalue weighted by Gasteiger charge is -2.35. The highest BCUT2D eigenvalue weighted by molar-refractivity contribution is 6.30. The molecule has 6 heteroatoms. The Balaban J connectivity index is 1.26. The molecule has 1 atom stereocenters. The monoisotopic (exact) mass is 424 g/mol. The first kappa shape index (κ1) is 19.3. The van der Waals surface area contributed by atoms with E-state index in [-0.39, 0.29) is 11.8 Å². The fraction of sp³-hybridized carbons (Fsp3) is 0.375. The summed E-state index contributed by atoms with van der Waals surface area (Å²) in [5.74, 6) is 2.21. The number of carbonyl (C=O) groups excluding carboxylic acids is 1. The Kier molecular flexibility index (Phi) is 5.07. The Hall–Kier alpha value is -2.66. The largest absolute Gasteiger partial charge is 0.497 e. The topological polar surface area (TPSA) is 54.6 Å². The molecule has 0 saturated carbocycles. The number of fused-ring (bicyclic) bond motifs is 2. The third kappa shape index (κ3) is 3.52. The Morgan fingerprint density at radius 1 is 1.20 bits per heavy atom. The fourth-order valence-corrected chi connectivity index (χ4v) is 4.97. The lowest BCUT2D eigenvalue weighted by atomic mass is 9.88. The molecule has 2 aliphatic heterocycles. The molecule has 30 heavy (non-hydrogen) atoms. The van der Waals surface area contributed by atoms with Crippen LogP contribution < -0.4 is 9.47 Å². The summed E-state index contributed by atoms with van der Waals surface area (Å²) in [4.78, 5) is 18.5. The fourth-order valence-electron chi connectivity index (χ4n) is 4.78.